The Labute approximate surface area is 94.0 Å². The van der Waals surface area contributed by atoms with Gasteiger partial charge in [0.15, 0.2) is 5.82 Å². The second-order valence-electron chi connectivity index (χ2n) is 4.49. The molecule has 0 unspecified atom stereocenters. The van der Waals surface area contributed by atoms with Gasteiger partial charge < -0.3 is 0 Å². The maximum Gasteiger partial charge on any atom is 0.169 e. The first-order chi connectivity index (χ1) is 7.09. The van der Waals surface area contributed by atoms with E-state index in [4.69, 9.17) is 0 Å². The maximum atomic E-state index is 4.29. The van der Waals surface area contributed by atoms with Crippen LogP contribution in [-0.2, 0) is 5.41 Å². The van der Waals surface area contributed by atoms with E-state index < -0.39 is 0 Å². The van der Waals surface area contributed by atoms with E-state index in [2.05, 4.69) is 42.2 Å². The van der Waals surface area contributed by atoms with Crippen LogP contribution in [0.15, 0.2) is 29.9 Å². The molecule has 0 aliphatic heterocycles. The van der Waals surface area contributed by atoms with Crippen molar-refractivity contribution in [1.29, 1.82) is 0 Å². The van der Waals surface area contributed by atoms with E-state index in [-0.39, 0.29) is 5.41 Å². The van der Waals surface area contributed by atoms with Gasteiger partial charge >= 0.3 is 0 Å². The molecular formula is C12H14N2S. The number of thiophene rings is 1. The van der Waals surface area contributed by atoms with Crippen LogP contribution in [0.25, 0.3) is 10.7 Å². The smallest absolute Gasteiger partial charge is 0.169 e. The standard InChI is InChI=1S/C12H14N2S/c1-12(2,3)9-5-8-15-10(9)11-13-6-4-7-14-11/h4-8H,1-3H3. The van der Waals surface area contributed by atoms with Crippen LogP contribution in [0.4, 0.5) is 0 Å². The van der Waals surface area contributed by atoms with E-state index in [1.807, 2.05) is 6.07 Å². The Bertz CT molecular complexity index is 440. The monoisotopic (exact) mass is 218 g/mol. The molecule has 0 fully saturated rings. The molecule has 2 nitrogen and oxygen atoms in total. The first-order valence-corrected chi connectivity index (χ1v) is 5.82. The zero-order chi connectivity index (χ0) is 10.9. The molecule has 0 aliphatic rings. The van der Waals surface area contributed by atoms with E-state index in [1.165, 1.54) is 10.4 Å². The molecule has 0 aliphatic carbocycles. The van der Waals surface area contributed by atoms with Crippen LogP contribution >= 0.6 is 11.3 Å². The predicted molar refractivity (Wildman–Crippen MR) is 64.0 cm³/mol. The molecule has 0 N–H and O–H groups in total. The lowest BCUT2D eigenvalue weighted by atomic mass is 9.87. The number of rotatable bonds is 1. The molecule has 0 spiro atoms. The molecule has 0 radical (unpaired) electrons. The van der Waals surface area contributed by atoms with E-state index in [1.54, 1.807) is 23.7 Å². The molecule has 2 aromatic heterocycles. The van der Waals surface area contributed by atoms with Gasteiger partial charge in [-0.1, -0.05) is 20.8 Å². The van der Waals surface area contributed by atoms with Crippen molar-refractivity contribution in [2.75, 3.05) is 0 Å². The Morgan fingerprint density at radius 1 is 1.13 bits per heavy atom. The zero-order valence-electron chi connectivity index (χ0n) is 9.19. The van der Waals surface area contributed by atoms with Gasteiger partial charge in [0.2, 0.25) is 0 Å². The van der Waals surface area contributed by atoms with Crippen molar-refractivity contribution in [2.24, 2.45) is 0 Å². The first kappa shape index (κ1) is 10.3. The number of aromatic nitrogens is 2. The maximum absolute atomic E-state index is 4.29. The van der Waals surface area contributed by atoms with Crippen LogP contribution < -0.4 is 0 Å². The largest absolute Gasteiger partial charge is 0.236 e. The molecule has 0 saturated heterocycles. The highest BCUT2D eigenvalue weighted by atomic mass is 32.1. The van der Waals surface area contributed by atoms with E-state index in [0.29, 0.717) is 0 Å². The average Bonchev–Trinajstić information content (AvgIpc) is 2.67. The van der Waals surface area contributed by atoms with Crippen molar-refractivity contribution in [3.63, 3.8) is 0 Å². The highest BCUT2D eigenvalue weighted by molar-refractivity contribution is 7.13. The van der Waals surface area contributed by atoms with Crippen molar-refractivity contribution >= 4 is 11.3 Å². The summed E-state index contributed by atoms with van der Waals surface area (Å²) in [6.45, 7) is 6.63. The summed E-state index contributed by atoms with van der Waals surface area (Å²) in [6, 6.07) is 4.00. The fraction of sp³-hybridized carbons (Fsp3) is 0.333. The Kier molecular flexibility index (Phi) is 2.57. The fourth-order valence-electron chi connectivity index (χ4n) is 1.49. The summed E-state index contributed by atoms with van der Waals surface area (Å²) in [5.74, 6) is 0.831. The normalized spacial score (nSPS) is 11.7. The molecule has 0 saturated carbocycles. The van der Waals surface area contributed by atoms with Crippen LogP contribution in [0.1, 0.15) is 26.3 Å². The molecule has 0 aromatic carbocycles. The van der Waals surface area contributed by atoms with Gasteiger partial charge in [-0.25, -0.2) is 9.97 Å². The van der Waals surface area contributed by atoms with Gasteiger partial charge in [0.1, 0.15) is 0 Å². The molecular weight excluding hydrogens is 204 g/mol. The molecule has 2 heterocycles. The summed E-state index contributed by atoms with van der Waals surface area (Å²) in [5.41, 5.74) is 1.47. The average molecular weight is 218 g/mol. The van der Waals surface area contributed by atoms with Crippen LogP contribution in [0, 0.1) is 0 Å². The second kappa shape index (κ2) is 3.74. The Hall–Kier alpha value is -1.22. The van der Waals surface area contributed by atoms with Gasteiger partial charge in [-0.2, -0.15) is 0 Å². The summed E-state index contributed by atoms with van der Waals surface area (Å²) in [7, 11) is 0. The lowest BCUT2D eigenvalue weighted by Crippen LogP contribution is -2.11. The van der Waals surface area contributed by atoms with Crippen LogP contribution in [0.2, 0.25) is 0 Å². The molecule has 0 bridgehead atoms. The molecule has 15 heavy (non-hydrogen) atoms. The van der Waals surface area contributed by atoms with E-state index in [0.717, 1.165) is 5.82 Å². The molecule has 0 amide bonds. The summed E-state index contributed by atoms with van der Waals surface area (Å²) < 4.78 is 0. The van der Waals surface area contributed by atoms with Gasteiger partial charge in [0, 0.05) is 12.4 Å². The van der Waals surface area contributed by atoms with Gasteiger partial charge in [0.05, 0.1) is 4.88 Å². The minimum atomic E-state index is 0.147. The molecule has 2 aromatic rings. The topological polar surface area (TPSA) is 25.8 Å². The molecule has 78 valence electrons. The number of hydrogen-bond acceptors (Lipinski definition) is 3. The first-order valence-electron chi connectivity index (χ1n) is 4.94. The number of nitrogens with zero attached hydrogens (tertiary/aromatic N) is 2. The second-order valence-corrected chi connectivity index (χ2v) is 5.40. The minimum Gasteiger partial charge on any atom is -0.236 e. The van der Waals surface area contributed by atoms with Gasteiger partial charge in [-0.3, -0.25) is 0 Å². The van der Waals surface area contributed by atoms with Gasteiger partial charge in [0.25, 0.3) is 0 Å². The van der Waals surface area contributed by atoms with Crippen molar-refractivity contribution in [2.45, 2.75) is 26.2 Å². The Balaban J connectivity index is 2.51. The molecule has 3 heteroatoms. The van der Waals surface area contributed by atoms with Crippen LogP contribution in [0.3, 0.4) is 0 Å². The summed E-state index contributed by atoms with van der Waals surface area (Å²) in [4.78, 5) is 9.77. The van der Waals surface area contributed by atoms with Gasteiger partial charge in [-0.05, 0) is 28.5 Å². The van der Waals surface area contributed by atoms with Crippen LogP contribution in [-0.4, -0.2) is 9.97 Å². The van der Waals surface area contributed by atoms with Crippen molar-refractivity contribution < 1.29 is 0 Å². The van der Waals surface area contributed by atoms with E-state index in [9.17, 15) is 0 Å². The molecule has 2 rings (SSSR count). The SMILES string of the molecule is CC(C)(C)c1ccsc1-c1ncccn1. The van der Waals surface area contributed by atoms with Crippen molar-refractivity contribution in [3.8, 4) is 10.7 Å². The predicted octanol–water partition coefficient (Wildman–Crippen LogP) is 3.50. The summed E-state index contributed by atoms with van der Waals surface area (Å²) in [6.07, 6.45) is 3.57. The highest BCUT2D eigenvalue weighted by Crippen LogP contribution is 2.35. The third-order valence-electron chi connectivity index (χ3n) is 2.24. The van der Waals surface area contributed by atoms with E-state index >= 15 is 0 Å². The van der Waals surface area contributed by atoms with Gasteiger partial charge in [-0.15, -0.1) is 11.3 Å². The Morgan fingerprint density at radius 2 is 1.80 bits per heavy atom. The zero-order valence-corrected chi connectivity index (χ0v) is 10.0. The molecule has 0 atom stereocenters. The fourth-order valence-corrected chi connectivity index (χ4v) is 2.54. The number of hydrogen-bond donors (Lipinski definition) is 0. The minimum absolute atomic E-state index is 0.147. The Morgan fingerprint density at radius 3 is 2.40 bits per heavy atom. The van der Waals surface area contributed by atoms with Crippen molar-refractivity contribution in [1.82, 2.24) is 9.97 Å². The lowest BCUT2D eigenvalue weighted by molar-refractivity contribution is 0.593. The third-order valence-corrected chi connectivity index (χ3v) is 3.15. The summed E-state index contributed by atoms with van der Waals surface area (Å²) in [5, 5.41) is 2.10. The third kappa shape index (κ3) is 2.07. The highest BCUT2D eigenvalue weighted by Gasteiger charge is 2.20. The van der Waals surface area contributed by atoms with Crippen LogP contribution in [0.5, 0.6) is 0 Å². The van der Waals surface area contributed by atoms with Crippen molar-refractivity contribution in [3.05, 3.63) is 35.5 Å². The summed E-state index contributed by atoms with van der Waals surface area (Å²) >= 11 is 1.70. The quantitative estimate of drug-likeness (QED) is 0.732. The lowest BCUT2D eigenvalue weighted by Gasteiger charge is -2.18.